The van der Waals surface area contributed by atoms with E-state index in [2.05, 4.69) is 10.3 Å². The average molecular weight is 291 g/mol. The van der Waals surface area contributed by atoms with Crippen molar-refractivity contribution in [1.82, 2.24) is 24.7 Å². The normalized spacial score (nSPS) is 21.7. The quantitative estimate of drug-likeness (QED) is 0.739. The van der Waals surface area contributed by atoms with Crippen LogP contribution in [0.2, 0.25) is 0 Å². The van der Waals surface area contributed by atoms with Crippen molar-refractivity contribution in [3.05, 3.63) is 18.2 Å². The van der Waals surface area contributed by atoms with Crippen molar-refractivity contribution in [1.29, 1.82) is 0 Å². The van der Waals surface area contributed by atoms with Gasteiger partial charge in [-0.25, -0.2) is 9.78 Å². The zero-order chi connectivity index (χ0) is 15.0. The van der Waals surface area contributed by atoms with Crippen molar-refractivity contribution in [3.63, 3.8) is 0 Å². The highest BCUT2D eigenvalue weighted by atomic mass is 16.2. The van der Waals surface area contributed by atoms with E-state index in [4.69, 9.17) is 0 Å². The molecule has 21 heavy (non-hydrogen) atoms. The summed E-state index contributed by atoms with van der Waals surface area (Å²) in [5, 5.41) is 2.88. The van der Waals surface area contributed by atoms with Crippen molar-refractivity contribution < 1.29 is 14.4 Å². The van der Waals surface area contributed by atoms with Gasteiger partial charge in [0.1, 0.15) is 18.9 Å². The minimum Gasteiger partial charge on any atom is -0.350 e. The Kier molecular flexibility index (Phi) is 3.36. The van der Waals surface area contributed by atoms with Crippen LogP contribution in [0.4, 0.5) is 4.79 Å². The molecule has 112 valence electrons. The van der Waals surface area contributed by atoms with E-state index in [1.807, 2.05) is 10.8 Å². The molecule has 3 heterocycles. The van der Waals surface area contributed by atoms with Crippen LogP contribution in [0.15, 0.2) is 12.4 Å². The van der Waals surface area contributed by atoms with Gasteiger partial charge in [-0.15, -0.1) is 0 Å². The van der Waals surface area contributed by atoms with Crippen LogP contribution >= 0.6 is 0 Å². The highest BCUT2D eigenvalue weighted by Crippen LogP contribution is 2.13. The molecule has 1 aromatic heterocycles. The highest BCUT2D eigenvalue weighted by Gasteiger charge is 2.35. The second-order valence-electron chi connectivity index (χ2n) is 5.42. The molecule has 1 N–H and O–H groups in total. The topological polar surface area (TPSA) is 87.5 Å². The molecule has 0 aliphatic carbocycles. The summed E-state index contributed by atoms with van der Waals surface area (Å²) in [5.74, 6) is 0.380. The summed E-state index contributed by atoms with van der Waals surface area (Å²) < 4.78 is 2.01. The number of aromatic nitrogens is 2. The van der Waals surface area contributed by atoms with Crippen molar-refractivity contribution in [3.8, 4) is 0 Å². The number of imidazole rings is 1. The predicted octanol–water partition coefficient (Wildman–Crippen LogP) is -0.792. The van der Waals surface area contributed by atoms with Gasteiger partial charge >= 0.3 is 6.03 Å². The molecule has 2 aliphatic rings. The van der Waals surface area contributed by atoms with E-state index in [9.17, 15) is 14.4 Å². The van der Waals surface area contributed by atoms with E-state index in [1.165, 1.54) is 4.90 Å². The minimum atomic E-state index is -0.421. The molecule has 8 nitrogen and oxygen atoms in total. The van der Waals surface area contributed by atoms with Crippen molar-refractivity contribution in [2.45, 2.75) is 25.4 Å². The summed E-state index contributed by atoms with van der Waals surface area (Å²) in [5.41, 5.74) is 0. The summed E-state index contributed by atoms with van der Waals surface area (Å²) in [4.78, 5) is 41.9. The molecule has 2 aliphatic heterocycles. The molecular weight excluding hydrogens is 274 g/mol. The number of carbonyl (C=O) groups excluding carboxylic acids is 3. The fourth-order valence-electron chi connectivity index (χ4n) is 2.73. The largest absolute Gasteiger partial charge is 0.350 e. The third-order valence-electron chi connectivity index (χ3n) is 3.83. The Morgan fingerprint density at radius 2 is 2.29 bits per heavy atom. The third-order valence-corrected chi connectivity index (χ3v) is 3.83. The number of imide groups is 1. The molecule has 1 saturated heterocycles. The van der Waals surface area contributed by atoms with Gasteiger partial charge in [-0.2, -0.15) is 0 Å². The average Bonchev–Trinajstić information content (AvgIpc) is 2.99. The first-order valence-electron chi connectivity index (χ1n) is 6.89. The second kappa shape index (κ2) is 5.19. The van der Waals surface area contributed by atoms with Gasteiger partial charge in [0, 0.05) is 38.4 Å². The maximum Gasteiger partial charge on any atom is 0.327 e. The van der Waals surface area contributed by atoms with Gasteiger partial charge in [-0.05, 0) is 6.42 Å². The number of nitrogens with one attached hydrogen (secondary N) is 1. The summed E-state index contributed by atoms with van der Waals surface area (Å²) in [6.45, 7) is 0.492. The van der Waals surface area contributed by atoms with Crippen LogP contribution in [-0.2, 0) is 22.6 Å². The lowest BCUT2D eigenvalue weighted by Gasteiger charge is -2.25. The van der Waals surface area contributed by atoms with Crippen LogP contribution in [0.1, 0.15) is 12.2 Å². The van der Waals surface area contributed by atoms with E-state index >= 15 is 0 Å². The van der Waals surface area contributed by atoms with Crippen LogP contribution in [0.25, 0.3) is 0 Å². The van der Waals surface area contributed by atoms with Gasteiger partial charge in [0.15, 0.2) is 0 Å². The van der Waals surface area contributed by atoms with Gasteiger partial charge in [-0.1, -0.05) is 0 Å². The maximum absolute atomic E-state index is 12.0. The fraction of sp³-hybridized carbons (Fsp3) is 0.538. The Hall–Kier alpha value is -2.38. The summed E-state index contributed by atoms with van der Waals surface area (Å²) >= 11 is 0. The number of nitrogens with zero attached hydrogens (tertiary/aromatic N) is 4. The van der Waals surface area contributed by atoms with Gasteiger partial charge in [-0.3, -0.25) is 14.5 Å². The Balaban J connectivity index is 1.56. The first kappa shape index (κ1) is 13.6. The second-order valence-corrected chi connectivity index (χ2v) is 5.42. The highest BCUT2D eigenvalue weighted by molar-refractivity contribution is 6.04. The fourth-order valence-corrected chi connectivity index (χ4v) is 2.73. The monoisotopic (exact) mass is 291 g/mol. The van der Waals surface area contributed by atoms with Crippen molar-refractivity contribution in [2.75, 3.05) is 20.1 Å². The first-order valence-corrected chi connectivity index (χ1v) is 6.89. The summed E-state index contributed by atoms with van der Waals surface area (Å²) in [7, 11) is 1.54. The molecule has 1 fully saturated rings. The van der Waals surface area contributed by atoms with Crippen LogP contribution in [0, 0.1) is 0 Å². The van der Waals surface area contributed by atoms with Crippen molar-refractivity contribution >= 4 is 17.8 Å². The molecule has 0 aromatic carbocycles. The number of amides is 4. The Morgan fingerprint density at radius 3 is 3.00 bits per heavy atom. The summed E-state index contributed by atoms with van der Waals surface area (Å²) in [6.07, 6.45) is 5.25. The van der Waals surface area contributed by atoms with E-state index in [0.29, 0.717) is 6.54 Å². The lowest BCUT2D eigenvalue weighted by molar-refractivity contribution is -0.131. The SMILES string of the molecule is CN1CC(=O)N(CC(=O)NC2CCc3nccn3C2)C1=O. The molecule has 0 radical (unpaired) electrons. The molecule has 1 aromatic rings. The standard InChI is InChI=1S/C13H17N5O3/c1-16-8-12(20)18(13(16)21)7-11(19)15-9-2-3-10-14-4-5-17(10)6-9/h4-5,9H,2-3,6-8H2,1H3,(H,15,19). The van der Waals surface area contributed by atoms with Gasteiger partial charge in [0.25, 0.3) is 5.91 Å². The van der Waals surface area contributed by atoms with Crippen LogP contribution in [0.5, 0.6) is 0 Å². The molecule has 1 unspecified atom stereocenters. The first-order chi connectivity index (χ1) is 10.0. The number of rotatable bonds is 3. The van der Waals surface area contributed by atoms with Crippen LogP contribution in [0.3, 0.4) is 0 Å². The number of aryl methyl sites for hydroxylation is 1. The van der Waals surface area contributed by atoms with Crippen LogP contribution in [-0.4, -0.2) is 63.4 Å². The number of hydrogen-bond donors (Lipinski definition) is 1. The van der Waals surface area contributed by atoms with Gasteiger partial charge in [0.05, 0.1) is 0 Å². The van der Waals surface area contributed by atoms with E-state index < -0.39 is 6.03 Å². The zero-order valence-electron chi connectivity index (χ0n) is 11.8. The number of fused-ring (bicyclic) bond motifs is 1. The molecule has 1 atom stereocenters. The number of likely N-dealkylation sites (N-methyl/N-ethyl adjacent to an activating group) is 1. The van der Waals surface area contributed by atoms with Crippen LogP contribution < -0.4 is 5.32 Å². The number of urea groups is 1. The third kappa shape index (κ3) is 2.61. The van der Waals surface area contributed by atoms with Gasteiger partial charge in [0.2, 0.25) is 5.91 Å². The van der Waals surface area contributed by atoms with Crippen molar-refractivity contribution in [2.24, 2.45) is 0 Å². The predicted molar refractivity (Wildman–Crippen MR) is 72.2 cm³/mol. The number of carbonyl (C=O) groups is 3. The minimum absolute atomic E-state index is 0.00439. The molecular formula is C13H17N5O3. The Morgan fingerprint density at radius 1 is 1.48 bits per heavy atom. The smallest absolute Gasteiger partial charge is 0.327 e. The molecule has 0 bridgehead atoms. The molecule has 0 saturated carbocycles. The van der Waals surface area contributed by atoms with E-state index in [0.717, 1.165) is 23.6 Å². The van der Waals surface area contributed by atoms with E-state index in [-0.39, 0.29) is 30.9 Å². The Bertz CT molecular complexity index is 596. The van der Waals surface area contributed by atoms with Gasteiger partial charge < -0.3 is 14.8 Å². The number of hydrogen-bond acceptors (Lipinski definition) is 4. The lowest BCUT2D eigenvalue weighted by Crippen LogP contribution is -2.47. The maximum atomic E-state index is 12.0. The van der Waals surface area contributed by atoms with E-state index in [1.54, 1.807) is 13.2 Å². The Labute approximate surface area is 121 Å². The molecule has 0 spiro atoms. The molecule has 4 amide bonds. The molecule has 3 rings (SSSR count). The molecule has 8 heteroatoms. The summed E-state index contributed by atoms with van der Waals surface area (Å²) in [6, 6.07) is -0.416. The zero-order valence-corrected chi connectivity index (χ0v) is 11.8. The lowest BCUT2D eigenvalue weighted by atomic mass is 10.1.